The fourth-order valence-electron chi connectivity index (χ4n) is 10.9. The molecule has 12 rings (SSSR count). The zero-order valence-electron chi connectivity index (χ0n) is 29.2. The Bertz CT molecular complexity index is 2790. The van der Waals surface area contributed by atoms with Crippen LogP contribution in [0.5, 0.6) is 0 Å². The summed E-state index contributed by atoms with van der Waals surface area (Å²) in [5.74, 6) is 0. The van der Waals surface area contributed by atoms with Crippen molar-refractivity contribution in [3.05, 3.63) is 232 Å². The van der Waals surface area contributed by atoms with Gasteiger partial charge in [-0.2, -0.15) is 0 Å². The first kappa shape index (κ1) is 29.6. The lowest BCUT2D eigenvalue weighted by Gasteiger charge is -2.36. The molecule has 53 heavy (non-hydrogen) atoms. The first-order valence-corrected chi connectivity index (χ1v) is 20.3. The molecule has 0 amide bonds. The SMILES string of the molecule is Cc1ccc2c(c1)C1(c3cc(P(=O)(c4ccccc4)c4ccccc4)ccc3-2)c2cccc3c2-c2c(cccc21)C31c2ccccc2-c2ccccc21. The van der Waals surface area contributed by atoms with Crippen LogP contribution in [-0.2, 0) is 15.4 Å². The van der Waals surface area contributed by atoms with Crippen LogP contribution in [0.3, 0.4) is 0 Å². The minimum absolute atomic E-state index is 0.388. The highest BCUT2D eigenvalue weighted by molar-refractivity contribution is 7.85. The van der Waals surface area contributed by atoms with Gasteiger partial charge in [-0.1, -0.05) is 181 Å². The van der Waals surface area contributed by atoms with E-state index in [1.165, 1.54) is 83.5 Å². The maximum absolute atomic E-state index is 15.9. The standard InChI is InChI=1S/C51H33OP/c1-32-26-28-38-39-29-27-35(53(52,33-14-4-2-5-15-33)34-16-6-3-7-17-34)31-47(39)51(46(38)30-32)44-24-12-22-42-48(44)49-43(23-13-25-45(49)51)50(42)40-20-10-8-18-36(40)37-19-9-11-21-41(37)50/h2-31H,1H3. The monoisotopic (exact) mass is 692 g/mol. The molecule has 4 aliphatic carbocycles. The maximum atomic E-state index is 15.9. The molecule has 0 heterocycles. The van der Waals surface area contributed by atoms with Crippen LogP contribution in [0.25, 0.3) is 33.4 Å². The maximum Gasteiger partial charge on any atom is 0.171 e. The van der Waals surface area contributed by atoms with E-state index in [0.29, 0.717) is 0 Å². The van der Waals surface area contributed by atoms with Crippen LogP contribution in [0.1, 0.15) is 50.1 Å². The Morgan fingerprint density at radius 3 is 1.26 bits per heavy atom. The Morgan fingerprint density at radius 1 is 0.340 bits per heavy atom. The van der Waals surface area contributed by atoms with Crippen molar-refractivity contribution in [2.24, 2.45) is 0 Å². The first-order valence-electron chi connectivity index (χ1n) is 18.5. The predicted octanol–water partition coefficient (Wildman–Crippen LogP) is 10.7. The minimum atomic E-state index is -3.23. The van der Waals surface area contributed by atoms with E-state index in [1.807, 2.05) is 60.7 Å². The average Bonchev–Trinajstić information content (AvgIpc) is 3.90. The van der Waals surface area contributed by atoms with E-state index in [2.05, 4.69) is 128 Å². The molecule has 0 saturated carbocycles. The van der Waals surface area contributed by atoms with E-state index in [1.54, 1.807) is 0 Å². The van der Waals surface area contributed by atoms with E-state index >= 15 is 4.57 Å². The van der Waals surface area contributed by atoms with Crippen molar-refractivity contribution < 1.29 is 4.57 Å². The smallest absolute Gasteiger partial charge is 0.171 e. The van der Waals surface area contributed by atoms with Crippen molar-refractivity contribution in [2.45, 2.75) is 17.8 Å². The largest absolute Gasteiger partial charge is 0.309 e. The van der Waals surface area contributed by atoms with Gasteiger partial charge in [0.2, 0.25) is 0 Å². The molecule has 2 heteroatoms. The van der Waals surface area contributed by atoms with E-state index in [-0.39, 0.29) is 5.41 Å². The lowest BCUT2D eigenvalue weighted by atomic mass is 9.65. The summed E-state index contributed by atoms with van der Waals surface area (Å²) < 4.78 is 15.9. The van der Waals surface area contributed by atoms with Crippen LogP contribution in [-0.4, -0.2) is 0 Å². The van der Waals surface area contributed by atoms with Gasteiger partial charge in [0, 0.05) is 15.9 Å². The van der Waals surface area contributed by atoms with Crippen molar-refractivity contribution >= 4 is 23.1 Å². The molecule has 0 bridgehead atoms. The second-order valence-corrected chi connectivity index (χ2v) is 17.9. The van der Waals surface area contributed by atoms with Gasteiger partial charge in [-0.25, -0.2) is 0 Å². The highest BCUT2D eigenvalue weighted by Gasteiger charge is 2.60. The van der Waals surface area contributed by atoms with Gasteiger partial charge in [0.25, 0.3) is 0 Å². The number of rotatable bonds is 3. The molecular formula is C51H33OP. The topological polar surface area (TPSA) is 17.1 Å². The normalized spacial score (nSPS) is 15.3. The zero-order chi connectivity index (χ0) is 35.1. The van der Waals surface area contributed by atoms with Crippen LogP contribution >= 0.6 is 7.14 Å². The predicted molar refractivity (Wildman–Crippen MR) is 218 cm³/mol. The van der Waals surface area contributed by atoms with Gasteiger partial charge in [0.1, 0.15) is 0 Å². The van der Waals surface area contributed by atoms with Crippen molar-refractivity contribution in [1.82, 2.24) is 0 Å². The Balaban J connectivity index is 1.20. The summed E-state index contributed by atoms with van der Waals surface area (Å²) in [5.41, 5.74) is 18.8. The van der Waals surface area contributed by atoms with E-state index in [9.17, 15) is 0 Å². The molecule has 0 aliphatic heterocycles. The quantitative estimate of drug-likeness (QED) is 0.169. The van der Waals surface area contributed by atoms with Crippen molar-refractivity contribution in [3.63, 3.8) is 0 Å². The van der Waals surface area contributed by atoms with Gasteiger partial charge in [-0.3, -0.25) is 0 Å². The number of fused-ring (bicyclic) bond motifs is 14. The molecule has 0 saturated heterocycles. The van der Waals surface area contributed by atoms with Crippen LogP contribution in [0.2, 0.25) is 0 Å². The van der Waals surface area contributed by atoms with Gasteiger partial charge in [0.15, 0.2) is 7.14 Å². The highest BCUT2D eigenvalue weighted by atomic mass is 31.2. The summed E-state index contributed by atoms with van der Waals surface area (Å²) in [5, 5.41) is 2.57. The number of hydrogen-bond acceptors (Lipinski definition) is 1. The Morgan fingerprint density at radius 2 is 0.736 bits per heavy atom. The zero-order valence-corrected chi connectivity index (χ0v) is 30.1. The van der Waals surface area contributed by atoms with Gasteiger partial charge >= 0.3 is 0 Å². The molecule has 0 fully saturated rings. The lowest BCUT2D eigenvalue weighted by Crippen LogP contribution is -2.32. The van der Waals surface area contributed by atoms with Crippen LogP contribution < -0.4 is 15.9 Å². The average molecular weight is 693 g/mol. The van der Waals surface area contributed by atoms with Gasteiger partial charge in [-0.05, 0) is 90.9 Å². The molecule has 0 radical (unpaired) electrons. The lowest BCUT2D eigenvalue weighted by molar-refractivity contribution is 0.592. The number of hydrogen-bond donors (Lipinski definition) is 0. The van der Waals surface area contributed by atoms with Crippen molar-refractivity contribution in [3.8, 4) is 33.4 Å². The van der Waals surface area contributed by atoms with Gasteiger partial charge < -0.3 is 4.57 Å². The summed E-state index contributed by atoms with van der Waals surface area (Å²) in [6.45, 7) is 2.21. The van der Waals surface area contributed by atoms with Crippen molar-refractivity contribution in [2.75, 3.05) is 0 Å². The second kappa shape index (κ2) is 10.1. The molecule has 0 aromatic heterocycles. The molecule has 0 atom stereocenters. The summed E-state index contributed by atoms with van der Waals surface area (Å²) >= 11 is 0. The molecule has 1 nitrogen and oxygen atoms in total. The van der Waals surface area contributed by atoms with Crippen LogP contribution in [0.4, 0.5) is 0 Å². The molecule has 0 unspecified atom stereocenters. The Labute approximate surface area is 309 Å². The molecule has 0 N–H and O–H groups in total. The Hall–Kier alpha value is -6.01. The van der Waals surface area contributed by atoms with E-state index < -0.39 is 12.6 Å². The minimum Gasteiger partial charge on any atom is -0.309 e. The van der Waals surface area contributed by atoms with E-state index in [4.69, 9.17) is 0 Å². The summed E-state index contributed by atoms with van der Waals surface area (Å²) in [6.07, 6.45) is 0. The van der Waals surface area contributed by atoms with Gasteiger partial charge in [-0.15, -0.1) is 0 Å². The van der Waals surface area contributed by atoms with Gasteiger partial charge in [0.05, 0.1) is 10.8 Å². The third-order valence-electron chi connectivity index (χ3n) is 12.8. The Kier molecular flexibility index (Phi) is 5.63. The number of benzene rings is 8. The van der Waals surface area contributed by atoms with E-state index in [0.717, 1.165) is 15.9 Å². The summed E-state index contributed by atoms with van der Waals surface area (Å²) in [7, 11) is -3.23. The molecule has 248 valence electrons. The summed E-state index contributed by atoms with van der Waals surface area (Å²) in [6, 6.07) is 66.1. The summed E-state index contributed by atoms with van der Waals surface area (Å²) in [4.78, 5) is 0. The third kappa shape index (κ3) is 3.31. The number of aryl methyl sites for hydroxylation is 1. The molecule has 4 aliphatic rings. The fourth-order valence-corrected chi connectivity index (χ4v) is 13.6. The first-order chi connectivity index (χ1) is 26.1. The molecule has 8 aromatic carbocycles. The fraction of sp³-hybridized carbons (Fsp3) is 0.0588. The van der Waals surface area contributed by atoms with Crippen LogP contribution in [0, 0.1) is 6.92 Å². The third-order valence-corrected chi connectivity index (χ3v) is 15.9. The molecule has 8 aromatic rings. The highest BCUT2D eigenvalue weighted by Crippen LogP contribution is 2.71. The van der Waals surface area contributed by atoms with Crippen LogP contribution in [0.15, 0.2) is 182 Å². The molecule has 2 spiro atoms. The van der Waals surface area contributed by atoms with Crippen molar-refractivity contribution in [1.29, 1.82) is 0 Å². The second-order valence-electron chi connectivity index (χ2n) is 15.1. The molecular weight excluding hydrogens is 660 g/mol.